The van der Waals surface area contributed by atoms with Crippen LogP contribution < -0.4 is 0 Å². The van der Waals surface area contributed by atoms with Gasteiger partial charge in [-0.15, -0.1) is 0 Å². The minimum atomic E-state index is -3.02. The number of carbonyl (C=O) groups excluding carboxylic acids is 6. The van der Waals surface area contributed by atoms with E-state index >= 15 is 0 Å². The summed E-state index contributed by atoms with van der Waals surface area (Å²) >= 11 is -3.02. The van der Waals surface area contributed by atoms with Crippen molar-refractivity contribution >= 4 is 48.8 Å². The number of hydrogen-bond donors (Lipinski definition) is 0. The molecule has 120 valence electrons. The topological polar surface area (TPSA) is 102 Å². The van der Waals surface area contributed by atoms with Crippen LogP contribution in [0, 0.1) is 0 Å². The molecule has 0 aliphatic rings. The molecule has 0 saturated heterocycles. The highest BCUT2D eigenvalue weighted by Crippen LogP contribution is 2.35. The maximum absolute atomic E-state index is 11.9. The highest BCUT2D eigenvalue weighted by atomic mass is 27.2. The van der Waals surface area contributed by atoms with Crippen LogP contribution in [0.2, 0.25) is 14.3 Å². The maximum Gasteiger partial charge on any atom is 0.336 e. The first kappa shape index (κ1) is 20.6. The summed E-state index contributed by atoms with van der Waals surface area (Å²) in [5.74, 6) is -3.06. The molecule has 0 aliphatic heterocycles. The molecule has 0 heterocycles. The highest BCUT2D eigenvalue weighted by Gasteiger charge is 2.52. The lowest BCUT2D eigenvalue weighted by atomic mass is 10.2. The summed E-state index contributed by atoms with van der Waals surface area (Å²) in [6.45, 7) is 7.09. The van der Waals surface area contributed by atoms with Gasteiger partial charge in [-0.05, 0) is 41.5 Å². The zero-order valence-corrected chi connectivity index (χ0v) is 14.9. The normalized spacial score (nSPS) is 10.8. The van der Waals surface area contributed by atoms with Crippen molar-refractivity contribution in [2.75, 3.05) is 0 Å². The molecule has 0 unspecified atom stereocenters. The molecule has 0 fully saturated rings. The van der Waals surface area contributed by atoms with Crippen molar-refractivity contribution in [3.63, 3.8) is 0 Å². The van der Waals surface area contributed by atoms with E-state index in [1.165, 1.54) is 41.5 Å². The van der Waals surface area contributed by atoms with E-state index < -0.39 is 63.2 Å². The predicted octanol–water partition coefficient (Wildman–Crippen LogP) is 1.13. The Kier molecular flexibility index (Phi) is 7.71. The molecule has 7 heteroatoms. The predicted molar refractivity (Wildman–Crippen MR) is 81.1 cm³/mol. The number of hydrogen-bond acceptors (Lipinski definition) is 6. The third-order valence-corrected chi connectivity index (χ3v) is 8.91. The Bertz CT molecular complexity index is 418. The van der Waals surface area contributed by atoms with E-state index in [4.69, 9.17) is 0 Å². The average molecular weight is 324 g/mol. The Morgan fingerprint density at radius 3 is 0.682 bits per heavy atom. The standard InChI is InChI=1S/3C5H7O2.Al/c3*1-4(6)3-5(2)7;/h3*3H,1-2H3;. The molecular weight excluding hydrogens is 303 g/mol. The van der Waals surface area contributed by atoms with Crippen LogP contribution in [-0.4, -0.2) is 48.8 Å². The van der Waals surface area contributed by atoms with Gasteiger partial charge in [0, 0.05) is 14.3 Å². The Morgan fingerprint density at radius 1 is 0.455 bits per heavy atom. The largest absolute Gasteiger partial charge is 0.336 e. The van der Waals surface area contributed by atoms with E-state index in [1.807, 2.05) is 0 Å². The van der Waals surface area contributed by atoms with Crippen molar-refractivity contribution in [3.8, 4) is 0 Å². The number of carbonyl (C=O) groups is 6. The van der Waals surface area contributed by atoms with Crippen LogP contribution in [0.15, 0.2) is 0 Å². The molecule has 0 bridgehead atoms. The molecule has 0 rings (SSSR count). The van der Waals surface area contributed by atoms with Crippen LogP contribution in [0.3, 0.4) is 0 Å². The molecule has 0 aliphatic carbocycles. The van der Waals surface area contributed by atoms with Gasteiger partial charge >= 0.3 is 14.1 Å². The van der Waals surface area contributed by atoms with Crippen molar-refractivity contribution < 1.29 is 28.8 Å². The molecule has 6 nitrogen and oxygen atoms in total. The minimum Gasteiger partial charge on any atom is -0.301 e. The van der Waals surface area contributed by atoms with Crippen molar-refractivity contribution in [3.05, 3.63) is 0 Å². The summed E-state index contributed by atoms with van der Waals surface area (Å²) in [7, 11) is 0. The molecule has 0 aromatic rings. The minimum absolute atomic E-state index is 0.510. The Balaban J connectivity index is 6.39. The van der Waals surface area contributed by atoms with Crippen LogP contribution >= 0.6 is 0 Å². The summed E-state index contributed by atoms with van der Waals surface area (Å²) in [4.78, 5) is 71.4. The first-order valence-electron chi connectivity index (χ1n) is 6.96. The van der Waals surface area contributed by atoms with E-state index in [9.17, 15) is 28.8 Å². The van der Waals surface area contributed by atoms with E-state index in [0.717, 1.165) is 0 Å². The molecule has 0 aromatic carbocycles. The lowest BCUT2D eigenvalue weighted by Gasteiger charge is -2.28. The molecule has 0 N–H and O–H groups in total. The van der Waals surface area contributed by atoms with Gasteiger partial charge in [0.05, 0.1) is 0 Å². The van der Waals surface area contributed by atoms with Crippen molar-refractivity contribution in [2.24, 2.45) is 0 Å². The Morgan fingerprint density at radius 2 is 0.591 bits per heavy atom. The second-order valence-corrected chi connectivity index (χ2v) is 8.83. The smallest absolute Gasteiger partial charge is 0.301 e. The summed E-state index contributed by atoms with van der Waals surface area (Å²) in [5.41, 5.74) is 0. The lowest BCUT2D eigenvalue weighted by molar-refractivity contribution is -0.124. The summed E-state index contributed by atoms with van der Waals surface area (Å²) in [5, 5.41) is 0. The van der Waals surface area contributed by atoms with Gasteiger partial charge in [-0.2, -0.15) is 0 Å². The molecule has 0 spiro atoms. The third kappa shape index (κ3) is 4.79. The van der Waals surface area contributed by atoms with Gasteiger partial charge in [-0.1, -0.05) is 0 Å². The second-order valence-electron chi connectivity index (χ2n) is 5.67. The van der Waals surface area contributed by atoms with E-state index in [0.29, 0.717) is 0 Å². The fourth-order valence-corrected chi connectivity index (χ4v) is 7.47. The lowest BCUT2D eigenvalue weighted by Crippen LogP contribution is -2.47. The first-order valence-corrected chi connectivity index (χ1v) is 8.96. The molecule has 0 aromatic heterocycles. The van der Waals surface area contributed by atoms with Gasteiger partial charge in [0.2, 0.25) is 0 Å². The summed E-state index contributed by atoms with van der Waals surface area (Å²) in [6.07, 6.45) is 0. The second kappa shape index (κ2) is 8.26. The van der Waals surface area contributed by atoms with Gasteiger partial charge in [-0.3, -0.25) is 0 Å². The molecule has 0 atom stereocenters. The fourth-order valence-electron chi connectivity index (χ4n) is 3.06. The molecule has 0 saturated carbocycles. The highest BCUT2D eigenvalue weighted by molar-refractivity contribution is 6.83. The van der Waals surface area contributed by atoms with E-state index in [1.54, 1.807) is 0 Å². The maximum atomic E-state index is 11.9. The zero-order valence-electron chi connectivity index (χ0n) is 13.8. The molecule has 0 radical (unpaired) electrons. The molecule has 22 heavy (non-hydrogen) atoms. The first-order chi connectivity index (χ1) is 9.93. The van der Waals surface area contributed by atoms with Gasteiger partial charge in [0.1, 0.15) is 34.7 Å². The van der Waals surface area contributed by atoms with Gasteiger partial charge in [0.15, 0.2) is 0 Å². The summed E-state index contributed by atoms with van der Waals surface area (Å²) in [6, 6.07) is 0. The van der Waals surface area contributed by atoms with Gasteiger partial charge < -0.3 is 28.8 Å². The monoisotopic (exact) mass is 324 g/mol. The van der Waals surface area contributed by atoms with Crippen LogP contribution in [0.25, 0.3) is 0 Å². The number of Topliss-reactive ketones (excluding diaryl/α,β-unsaturated/α-hetero) is 6. The number of ketones is 6. The third-order valence-electron chi connectivity index (χ3n) is 3.78. The van der Waals surface area contributed by atoms with E-state index in [2.05, 4.69) is 0 Å². The van der Waals surface area contributed by atoms with Crippen molar-refractivity contribution in [2.45, 2.75) is 55.9 Å². The van der Waals surface area contributed by atoms with Crippen LogP contribution in [0.4, 0.5) is 0 Å². The Labute approximate surface area is 134 Å². The van der Waals surface area contributed by atoms with Crippen LogP contribution in [0.5, 0.6) is 0 Å². The quantitative estimate of drug-likeness (QED) is 0.465. The number of rotatable bonds is 9. The average Bonchev–Trinajstić information content (AvgIpc) is 2.24. The summed E-state index contributed by atoms with van der Waals surface area (Å²) < 4.78 is -3.60. The zero-order chi connectivity index (χ0) is 17.8. The SMILES string of the molecule is CC(=O)[CH](C(C)=O)[Al]([CH](C(C)=O)C(C)=O)[CH](C(C)=O)C(C)=O. The van der Waals surface area contributed by atoms with E-state index in [-0.39, 0.29) is 0 Å². The fraction of sp³-hybridized carbons (Fsp3) is 0.600. The van der Waals surface area contributed by atoms with Crippen LogP contribution in [0.1, 0.15) is 41.5 Å². The molecule has 0 amide bonds. The van der Waals surface area contributed by atoms with Crippen molar-refractivity contribution in [1.29, 1.82) is 0 Å². The van der Waals surface area contributed by atoms with Gasteiger partial charge in [-0.25, -0.2) is 0 Å². The Hall–Kier alpha value is -1.45. The van der Waals surface area contributed by atoms with Crippen LogP contribution in [-0.2, 0) is 28.8 Å². The van der Waals surface area contributed by atoms with Gasteiger partial charge in [0.25, 0.3) is 0 Å². The molecular formula is C15H21AlO6. The van der Waals surface area contributed by atoms with Crippen molar-refractivity contribution in [1.82, 2.24) is 0 Å².